The average Bonchev–Trinajstić information content (AvgIpc) is 3.39. The van der Waals surface area contributed by atoms with Gasteiger partial charge in [0.2, 0.25) is 0 Å². The van der Waals surface area contributed by atoms with E-state index in [9.17, 15) is 19.2 Å². The summed E-state index contributed by atoms with van der Waals surface area (Å²) in [5.74, 6) is -2.74. The summed E-state index contributed by atoms with van der Waals surface area (Å²) in [7, 11) is 0. The molecule has 3 aliphatic rings. The van der Waals surface area contributed by atoms with Crippen LogP contribution in [-0.4, -0.2) is 41.6 Å². The van der Waals surface area contributed by atoms with Crippen molar-refractivity contribution in [2.75, 3.05) is 6.61 Å². The van der Waals surface area contributed by atoms with Crippen LogP contribution in [-0.2, 0) is 14.4 Å². The molecule has 2 atom stereocenters. The lowest BCUT2D eigenvalue weighted by molar-refractivity contribution is -0.174. The van der Waals surface area contributed by atoms with Crippen molar-refractivity contribution in [3.8, 4) is 11.1 Å². The summed E-state index contributed by atoms with van der Waals surface area (Å²) >= 11 is 0. The third-order valence-electron chi connectivity index (χ3n) is 7.25. The number of imide groups is 1. The van der Waals surface area contributed by atoms with E-state index >= 15 is 0 Å². The molecule has 0 bridgehead atoms. The molecule has 0 spiro atoms. The smallest absolute Gasteiger partial charge is 0.407 e. The molecule has 0 fully saturated rings. The van der Waals surface area contributed by atoms with Crippen molar-refractivity contribution in [1.29, 1.82) is 0 Å². The zero-order valence-corrected chi connectivity index (χ0v) is 20.3. The fourth-order valence-corrected chi connectivity index (χ4v) is 5.39. The summed E-state index contributed by atoms with van der Waals surface area (Å²) < 4.78 is 5.61. The van der Waals surface area contributed by atoms with Crippen molar-refractivity contribution in [2.24, 2.45) is 5.92 Å². The number of alkyl carbamates (subject to hydrolysis) is 1. The first-order valence-corrected chi connectivity index (χ1v) is 12.5. The lowest BCUT2D eigenvalue weighted by Gasteiger charge is -2.25. The van der Waals surface area contributed by atoms with Gasteiger partial charge in [0.05, 0.1) is 23.1 Å². The van der Waals surface area contributed by atoms with E-state index in [2.05, 4.69) is 29.6 Å². The van der Waals surface area contributed by atoms with Crippen LogP contribution in [0.3, 0.4) is 0 Å². The highest BCUT2D eigenvalue weighted by molar-refractivity contribution is 6.20. The Labute approximate surface area is 218 Å². The van der Waals surface area contributed by atoms with Crippen molar-refractivity contribution >= 4 is 23.9 Å². The number of rotatable bonds is 5. The van der Waals surface area contributed by atoms with Gasteiger partial charge in [-0.3, -0.25) is 9.59 Å². The molecular weight excluding hydrogens is 484 g/mol. The van der Waals surface area contributed by atoms with E-state index in [0.717, 1.165) is 22.3 Å². The number of hydrogen-bond donors (Lipinski definition) is 1. The van der Waals surface area contributed by atoms with Crippen LogP contribution in [0.2, 0.25) is 0 Å². The largest absolute Gasteiger partial charge is 0.449 e. The van der Waals surface area contributed by atoms with Crippen molar-refractivity contribution in [3.05, 3.63) is 107 Å². The maximum absolute atomic E-state index is 12.8. The van der Waals surface area contributed by atoms with Gasteiger partial charge in [-0.25, -0.2) is 9.59 Å². The molecule has 3 aromatic rings. The third kappa shape index (κ3) is 4.14. The maximum atomic E-state index is 12.8. The van der Waals surface area contributed by atoms with Gasteiger partial charge in [0.25, 0.3) is 11.8 Å². The second-order valence-corrected chi connectivity index (χ2v) is 9.53. The maximum Gasteiger partial charge on any atom is 0.407 e. The number of amides is 3. The van der Waals surface area contributed by atoms with Gasteiger partial charge in [0.15, 0.2) is 0 Å². The van der Waals surface area contributed by atoms with E-state index in [1.807, 2.05) is 24.3 Å². The van der Waals surface area contributed by atoms with Crippen LogP contribution >= 0.6 is 0 Å². The molecule has 3 aromatic carbocycles. The number of allylic oxidation sites excluding steroid dienone is 1. The first-order chi connectivity index (χ1) is 18.5. The van der Waals surface area contributed by atoms with Crippen LogP contribution in [0.4, 0.5) is 4.79 Å². The Morgan fingerprint density at radius 1 is 0.816 bits per heavy atom. The quantitative estimate of drug-likeness (QED) is 0.399. The molecule has 38 heavy (non-hydrogen) atoms. The Bertz CT molecular complexity index is 1410. The van der Waals surface area contributed by atoms with Crippen LogP contribution in [0, 0.1) is 5.92 Å². The molecule has 0 aromatic heterocycles. The highest BCUT2D eigenvalue weighted by Crippen LogP contribution is 2.44. The predicted octanol–water partition coefficient (Wildman–Crippen LogP) is 4.61. The molecule has 190 valence electrons. The molecule has 8 heteroatoms. The van der Waals surface area contributed by atoms with E-state index in [1.54, 1.807) is 24.3 Å². The summed E-state index contributed by atoms with van der Waals surface area (Å²) in [6.07, 6.45) is 3.60. The number of carbonyl (C=O) groups is 4. The number of ether oxygens (including phenoxy) is 1. The van der Waals surface area contributed by atoms with Crippen LogP contribution in [0.5, 0.6) is 0 Å². The molecule has 1 aliphatic heterocycles. The summed E-state index contributed by atoms with van der Waals surface area (Å²) in [5.41, 5.74) is 4.93. The Balaban J connectivity index is 1.05. The Morgan fingerprint density at radius 3 is 1.97 bits per heavy atom. The van der Waals surface area contributed by atoms with E-state index in [4.69, 9.17) is 9.57 Å². The van der Waals surface area contributed by atoms with Gasteiger partial charge in [0, 0.05) is 5.92 Å². The second-order valence-electron chi connectivity index (χ2n) is 9.53. The van der Waals surface area contributed by atoms with Crippen LogP contribution < -0.4 is 5.32 Å². The van der Waals surface area contributed by atoms with Gasteiger partial charge >= 0.3 is 12.1 Å². The first-order valence-electron chi connectivity index (χ1n) is 12.5. The van der Waals surface area contributed by atoms with E-state index in [1.165, 1.54) is 12.1 Å². The summed E-state index contributed by atoms with van der Waals surface area (Å²) in [6.45, 7) is 0.182. The molecule has 0 radical (unpaired) electrons. The second kappa shape index (κ2) is 9.63. The van der Waals surface area contributed by atoms with Crippen molar-refractivity contribution in [1.82, 2.24) is 10.4 Å². The molecule has 0 saturated carbocycles. The van der Waals surface area contributed by atoms with Crippen molar-refractivity contribution in [2.45, 2.75) is 24.8 Å². The molecular formula is C30H24N2O6. The number of hydroxylamine groups is 2. The minimum absolute atomic E-state index is 0.0579. The SMILES string of the molecule is O=C(N[C@H]1C=CC[C@H](C(=O)ON2C(=O)c3ccccc3C2=O)C1)OCC1c2ccccc2-c2ccccc21. The van der Waals surface area contributed by atoms with Crippen LogP contribution in [0.1, 0.15) is 50.6 Å². The number of fused-ring (bicyclic) bond motifs is 4. The molecule has 6 rings (SSSR count). The number of nitrogens with zero attached hydrogens (tertiary/aromatic N) is 1. The Morgan fingerprint density at radius 2 is 1.37 bits per heavy atom. The lowest BCUT2D eigenvalue weighted by atomic mass is 9.91. The van der Waals surface area contributed by atoms with E-state index in [-0.39, 0.29) is 30.1 Å². The van der Waals surface area contributed by atoms with E-state index in [0.29, 0.717) is 11.5 Å². The third-order valence-corrected chi connectivity index (χ3v) is 7.25. The Kier molecular flexibility index (Phi) is 5.99. The number of benzene rings is 3. The molecule has 0 saturated heterocycles. The van der Waals surface area contributed by atoms with Crippen molar-refractivity contribution in [3.63, 3.8) is 0 Å². The first kappa shape index (κ1) is 23.7. The van der Waals surface area contributed by atoms with Gasteiger partial charge in [0.1, 0.15) is 6.61 Å². The topological polar surface area (TPSA) is 102 Å². The molecule has 1 N–H and O–H groups in total. The zero-order valence-electron chi connectivity index (χ0n) is 20.3. The normalized spacial score (nSPS) is 19.5. The molecule has 3 amide bonds. The van der Waals surface area contributed by atoms with Gasteiger partial charge in [-0.1, -0.05) is 77.9 Å². The average molecular weight is 509 g/mol. The number of carbonyl (C=O) groups excluding carboxylic acids is 4. The van der Waals surface area contributed by atoms with E-state index < -0.39 is 35.8 Å². The summed E-state index contributed by atoms with van der Waals surface area (Å²) in [5, 5.41) is 3.31. The highest BCUT2D eigenvalue weighted by atomic mass is 16.7. The molecule has 0 unspecified atom stereocenters. The van der Waals surface area contributed by atoms with Crippen molar-refractivity contribution < 1.29 is 28.8 Å². The van der Waals surface area contributed by atoms with Crippen LogP contribution in [0.25, 0.3) is 11.1 Å². The monoisotopic (exact) mass is 508 g/mol. The minimum atomic E-state index is -0.705. The molecule has 2 aliphatic carbocycles. The lowest BCUT2D eigenvalue weighted by Crippen LogP contribution is -2.41. The predicted molar refractivity (Wildman–Crippen MR) is 137 cm³/mol. The molecule has 8 nitrogen and oxygen atoms in total. The highest BCUT2D eigenvalue weighted by Gasteiger charge is 2.40. The van der Waals surface area contributed by atoms with Gasteiger partial charge in [-0.15, -0.1) is 0 Å². The van der Waals surface area contributed by atoms with Gasteiger partial charge in [-0.05, 0) is 47.2 Å². The Hall–Kier alpha value is -4.72. The standard InChI is InChI=1S/C30H24N2O6/c33-27-24-14-5-6-15-25(24)28(34)32(27)38-29(35)18-8-7-9-19(16-18)31-30(36)37-17-26-22-12-3-1-10-20(22)21-11-2-4-13-23(21)26/h1-7,9-15,18-19,26H,8,16-17H2,(H,31,36)/t18-,19-/m0/s1. The fourth-order valence-electron chi connectivity index (χ4n) is 5.39. The fraction of sp³-hybridized carbons (Fsp3) is 0.200. The number of hydrogen-bond acceptors (Lipinski definition) is 6. The minimum Gasteiger partial charge on any atom is -0.449 e. The van der Waals surface area contributed by atoms with Gasteiger partial charge in [-0.2, -0.15) is 0 Å². The molecule has 1 heterocycles. The number of nitrogens with one attached hydrogen (secondary N) is 1. The van der Waals surface area contributed by atoms with Crippen LogP contribution in [0.15, 0.2) is 84.9 Å². The zero-order chi connectivity index (χ0) is 26.2. The summed E-state index contributed by atoms with van der Waals surface area (Å²) in [6, 6.07) is 22.0. The summed E-state index contributed by atoms with van der Waals surface area (Å²) in [4.78, 5) is 55.7. The van der Waals surface area contributed by atoms with Gasteiger partial charge < -0.3 is 14.9 Å².